The molecule has 210 valence electrons. The van der Waals surface area contributed by atoms with Crippen LogP contribution in [0.3, 0.4) is 0 Å². The number of hydrogen-bond acceptors (Lipinski definition) is 6. The zero-order chi connectivity index (χ0) is 29.0. The molecule has 0 fully saturated rings. The van der Waals surface area contributed by atoms with Crippen molar-refractivity contribution in [3.05, 3.63) is 95.0 Å². The quantitative estimate of drug-likeness (QED) is 0.330. The maximum absolute atomic E-state index is 14.3. The third kappa shape index (κ3) is 6.21. The van der Waals surface area contributed by atoms with Crippen molar-refractivity contribution in [1.82, 2.24) is 9.62 Å². The maximum atomic E-state index is 14.3. The predicted octanol–water partition coefficient (Wildman–Crippen LogP) is 2.50. The van der Waals surface area contributed by atoms with E-state index in [1.807, 2.05) is 0 Å². The lowest BCUT2D eigenvalue weighted by atomic mass is 9.58. The van der Waals surface area contributed by atoms with Crippen LogP contribution in [0.25, 0.3) is 0 Å². The molecule has 9 nitrogen and oxygen atoms in total. The normalized spacial score (nSPS) is 21.9. The second-order valence-electron chi connectivity index (χ2n) is 9.84. The third-order valence-electron chi connectivity index (χ3n) is 7.23. The van der Waals surface area contributed by atoms with Gasteiger partial charge in [-0.15, -0.1) is 0 Å². The highest BCUT2D eigenvalue weighted by atomic mass is 32.2. The molecule has 3 rings (SSSR count). The van der Waals surface area contributed by atoms with E-state index in [1.165, 1.54) is 43.5 Å². The summed E-state index contributed by atoms with van der Waals surface area (Å²) in [5, 5.41) is 22.9. The molecule has 0 radical (unpaired) electrons. The Morgan fingerprint density at radius 2 is 1.74 bits per heavy atom. The van der Waals surface area contributed by atoms with Gasteiger partial charge < -0.3 is 21.3 Å². The lowest BCUT2D eigenvalue weighted by Gasteiger charge is -2.49. The number of likely N-dealkylation sites (N-methyl/N-ethyl adjacent to an activating group) is 1. The first-order valence-corrected chi connectivity index (χ1v) is 14.2. The van der Waals surface area contributed by atoms with Crippen molar-refractivity contribution in [1.29, 1.82) is 0 Å². The summed E-state index contributed by atoms with van der Waals surface area (Å²) in [5.74, 6) is -2.51. The minimum Gasteiger partial charge on any atom is -0.478 e. The van der Waals surface area contributed by atoms with Gasteiger partial charge in [0.15, 0.2) is 0 Å². The summed E-state index contributed by atoms with van der Waals surface area (Å²) in [6.07, 6.45) is 3.46. The molecular weight excluding hydrogens is 525 g/mol. The Kier molecular flexibility index (Phi) is 8.99. The van der Waals surface area contributed by atoms with Crippen LogP contribution >= 0.6 is 0 Å². The first-order valence-electron chi connectivity index (χ1n) is 12.4. The average Bonchev–Trinajstić information content (AvgIpc) is 2.87. The molecule has 3 atom stereocenters. The Morgan fingerprint density at radius 3 is 2.28 bits per heavy atom. The first-order chi connectivity index (χ1) is 18.2. The van der Waals surface area contributed by atoms with Crippen LogP contribution in [0.15, 0.2) is 78.0 Å². The van der Waals surface area contributed by atoms with Gasteiger partial charge in [-0.1, -0.05) is 42.5 Å². The number of hydrogen-bond donors (Lipinski definition) is 4. The second kappa shape index (κ2) is 11.7. The van der Waals surface area contributed by atoms with Gasteiger partial charge in [0.2, 0.25) is 15.9 Å². The van der Waals surface area contributed by atoms with E-state index in [-0.39, 0.29) is 37.1 Å². The lowest BCUT2D eigenvalue weighted by Crippen LogP contribution is -2.66. The number of halogens is 1. The number of allylic oxidation sites excluding steroid dienone is 1. The van der Waals surface area contributed by atoms with Gasteiger partial charge in [-0.05, 0) is 61.6 Å². The molecule has 2 aromatic rings. The molecule has 1 aliphatic carbocycles. The standard InChI is InChI=1S/C28H34FN3O6S/c1-19(21-10-12-22(29)13-11-21)31-26(36)27(14-7-15-33)18-23(32(2)39(3,37)38)16-24(25(34)35)28(27,30)17-20-8-5-4-6-9-20/h4-6,8-13,16,18-19,33H,7,14-15,17,30H2,1-3H3,(H,31,36)(H,34,35)/t19-,27?,28?/m1/s1. The highest BCUT2D eigenvalue weighted by molar-refractivity contribution is 7.88. The molecule has 1 aliphatic rings. The van der Waals surface area contributed by atoms with E-state index < -0.39 is 44.7 Å². The van der Waals surface area contributed by atoms with Gasteiger partial charge in [0.25, 0.3) is 0 Å². The smallest absolute Gasteiger partial charge is 0.333 e. The number of carboxylic acid groups (broad SMARTS) is 1. The molecule has 0 saturated heterocycles. The number of aliphatic hydroxyl groups is 1. The highest BCUT2D eigenvalue weighted by Gasteiger charge is 2.58. The number of nitrogens with zero attached hydrogens (tertiary/aromatic N) is 1. The lowest BCUT2D eigenvalue weighted by molar-refractivity contribution is -0.136. The van der Waals surface area contributed by atoms with Crippen LogP contribution in [0.1, 0.15) is 36.9 Å². The van der Waals surface area contributed by atoms with Crippen molar-refractivity contribution in [2.75, 3.05) is 19.9 Å². The third-order valence-corrected chi connectivity index (χ3v) is 8.44. The number of nitrogens with one attached hydrogen (secondary N) is 1. The molecule has 0 aromatic heterocycles. The Morgan fingerprint density at radius 1 is 1.13 bits per heavy atom. The van der Waals surface area contributed by atoms with Crippen LogP contribution in [0, 0.1) is 11.2 Å². The van der Waals surface area contributed by atoms with E-state index in [1.54, 1.807) is 37.3 Å². The topological polar surface area (TPSA) is 150 Å². The minimum absolute atomic E-state index is 0.0356. The van der Waals surface area contributed by atoms with Crippen molar-refractivity contribution < 1.29 is 32.6 Å². The number of amides is 1. The van der Waals surface area contributed by atoms with Crippen LogP contribution in [-0.4, -0.2) is 60.3 Å². The number of sulfonamides is 1. The monoisotopic (exact) mass is 559 g/mol. The summed E-state index contributed by atoms with van der Waals surface area (Å²) in [6.45, 7) is 1.37. The van der Waals surface area contributed by atoms with Gasteiger partial charge in [-0.2, -0.15) is 0 Å². The Hall–Kier alpha value is -3.54. The molecule has 39 heavy (non-hydrogen) atoms. The van der Waals surface area contributed by atoms with Gasteiger partial charge in [0.1, 0.15) is 5.82 Å². The van der Waals surface area contributed by atoms with Crippen molar-refractivity contribution in [2.24, 2.45) is 11.1 Å². The molecule has 5 N–H and O–H groups in total. The van der Waals surface area contributed by atoms with Crippen molar-refractivity contribution in [3.63, 3.8) is 0 Å². The van der Waals surface area contributed by atoms with Gasteiger partial charge in [-0.3, -0.25) is 9.10 Å². The van der Waals surface area contributed by atoms with E-state index in [9.17, 15) is 32.6 Å². The van der Waals surface area contributed by atoms with Crippen molar-refractivity contribution in [2.45, 2.75) is 37.8 Å². The Balaban J connectivity index is 2.26. The summed E-state index contributed by atoms with van der Waals surface area (Å²) >= 11 is 0. The molecule has 0 aliphatic heterocycles. The molecular formula is C28H34FN3O6S. The summed E-state index contributed by atoms with van der Waals surface area (Å²) < 4.78 is 39.3. The number of carbonyl (C=O) groups excluding carboxylic acids is 1. The fraction of sp³-hybridized carbons (Fsp3) is 0.357. The fourth-order valence-corrected chi connectivity index (χ4v) is 5.42. The number of rotatable bonds is 11. The highest BCUT2D eigenvalue weighted by Crippen LogP contribution is 2.48. The van der Waals surface area contributed by atoms with E-state index in [0.717, 1.165) is 10.6 Å². The van der Waals surface area contributed by atoms with Crippen LogP contribution in [-0.2, 0) is 26.0 Å². The van der Waals surface area contributed by atoms with Gasteiger partial charge in [-0.25, -0.2) is 17.6 Å². The van der Waals surface area contributed by atoms with E-state index >= 15 is 0 Å². The largest absolute Gasteiger partial charge is 0.478 e. The van der Waals surface area contributed by atoms with Crippen LogP contribution < -0.4 is 11.1 Å². The molecule has 0 bridgehead atoms. The Labute approximate surface area is 227 Å². The Bertz CT molecular complexity index is 1380. The van der Waals surface area contributed by atoms with Crippen LogP contribution in [0.5, 0.6) is 0 Å². The molecule has 2 aromatic carbocycles. The van der Waals surface area contributed by atoms with E-state index in [0.29, 0.717) is 11.1 Å². The number of aliphatic hydroxyl groups excluding tert-OH is 1. The second-order valence-corrected chi connectivity index (χ2v) is 11.9. The number of benzene rings is 2. The number of carboxylic acids is 1. The number of nitrogens with two attached hydrogens (primary N) is 1. The van der Waals surface area contributed by atoms with Gasteiger partial charge in [0.05, 0.1) is 28.8 Å². The minimum atomic E-state index is -3.84. The fourth-order valence-electron chi connectivity index (χ4n) is 4.93. The average molecular weight is 560 g/mol. The molecule has 1 amide bonds. The summed E-state index contributed by atoms with van der Waals surface area (Å²) in [4.78, 5) is 27.0. The van der Waals surface area contributed by atoms with E-state index in [2.05, 4.69) is 5.32 Å². The van der Waals surface area contributed by atoms with Crippen LogP contribution in [0.2, 0.25) is 0 Å². The summed E-state index contributed by atoms with van der Waals surface area (Å²) in [6, 6.07) is 13.7. The number of carbonyl (C=O) groups is 2. The van der Waals surface area contributed by atoms with Gasteiger partial charge >= 0.3 is 5.97 Å². The molecule has 0 saturated carbocycles. The van der Waals surface area contributed by atoms with Crippen molar-refractivity contribution in [3.8, 4) is 0 Å². The van der Waals surface area contributed by atoms with E-state index in [4.69, 9.17) is 5.73 Å². The zero-order valence-electron chi connectivity index (χ0n) is 22.1. The van der Waals surface area contributed by atoms with Crippen molar-refractivity contribution >= 4 is 21.9 Å². The molecule has 0 spiro atoms. The molecule has 0 heterocycles. The van der Waals surface area contributed by atoms with Crippen LogP contribution in [0.4, 0.5) is 4.39 Å². The van der Waals surface area contributed by atoms with Gasteiger partial charge in [0, 0.05) is 19.4 Å². The molecule has 11 heteroatoms. The molecule has 2 unspecified atom stereocenters. The SMILES string of the molecule is C[C@@H](NC(=O)C1(CCCO)C=C(N(C)S(C)(=O)=O)C=C(C(=O)O)C1(N)Cc1ccccc1)c1ccc(F)cc1. The number of aliphatic carboxylic acids is 1. The summed E-state index contributed by atoms with van der Waals surface area (Å²) in [5.41, 5.74) is 4.24. The predicted molar refractivity (Wildman–Crippen MR) is 145 cm³/mol. The first kappa shape index (κ1) is 30.0. The summed E-state index contributed by atoms with van der Waals surface area (Å²) in [7, 11) is -2.59. The zero-order valence-corrected chi connectivity index (χ0v) is 22.9. The maximum Gasteiger partial charge on any atom is 0.333 e.